The number of nitrogens with zero attached hydrogens (tertiary/aromatic N) is 2. The summed E-state index contributed by atoms with van der Waals surface area (Å²) in [6.45, 7) is 3.89. The molecular weight excluding hydrogens is 280 g/mol. The average molecular weight is 298 g/mol. The van der Waals surface area contributed by atoms with E-state index < -0.39 is 5.97 Å². The van der Waals surface area contributed by atoms with Crippen molar-refractivity contribution >= 4 is 11.9 Å². The van der Waals surface area contributed by atoms with Crippen LogP contribution in [0.5, 0.6) is 0 Å². The molecule has 0 aliphatic rings. The van der Waals surface area contributed by atoms with Gasteiger partial charge >= 0.3 is 5.97 Å². The number of pyridine rings is 1. The monoisotopic (exact) mass is 298 g/mol. The first-order valence-corrected chi connectivity index (χ1v) is 6.97. The van der Waals surface area contributed by atoms with Crippen LogP contribution in [0.1, 0.15) is 34.6 Å². The van der Waals surface area contributed by atoms with Crippen LogP contribution in [0, 0.1) is 0 Å². The van der Waals surface area contributed by atoms with Crippen LogP contribution in [0.25, 0.3) is 0 Å². The second-order valence-corrected chi connectivity index (χ2v) is 5.03. The van der Waals surface area contributed by atoms with E-state index in [-0.39, 0.29) is 11.9 Å². The van der Waals surface area contributed by atoms with Crippen LogP contribution < -0.4 is 5.49 Å². The molecule has 114 valence electrons. The Morgan fingerprint density at radius 2 is 1.82 bits per heavy atom. The summed E-state index contributed by atoms with van der Waals surface area (Å²) in [7, 11) is 1.31. The third-order valence-electron chi connectivity index (χ3n) is 2.98. The molecule has 0 atom stereocenters. The molecule has 2 aromatic rings. The number of rotatable bonds is 3. The zero-order valence-corrected chi connectivity index (χ0v) is 12.8. The maximum Gasteiger partial charge on any atom is 0.337 e. The van der Waals surface area contributed by atoms with E-state index in [1.807, 2.05) is 19.9 Å². The van der Waals surface area contributed by atoms with Gasteiger partial charge in [-0.3, -0.25) is 14.4 Å². The van der Waals surface area contributed by atoms with Crippen molar-refractivity contribution in [2.45, 2.75) is 19.9 Å². The fraction of sp³-hybridized carbons (Fsp3) is 0.235. The number of benzene rings is 1. The van der Waals surface area contributed by atoms with Crippen molar-refractivity contribution in [1.29, 1.82) is 0 Å². The van der Waals surface area contributed by atoms with E-state index in [4.69, 9.17) is 0 Å². The SMILES string of the molecule is COC(=O)c1cccc(C(=O)n2ccccc2=NC(C)C)c1. The molecule has 0 bridgehead atoms. The number of methoxy groups -OCH3 is 1. The third kappa shape index (κ3) is 3.49. The topological polar surface area (TPSA) is 60.7 Å². The van der Waals surface area contributed by atoms with Crippen molar-refractivity contribution in [2.24, 2.45) is 4.99 Å². The largest absolute Gasteiger partial charge is 0.465 e. The predicted octanol–water partition coefficient (Wildman–Crippen LogP) is 2.27. The Labute approximate surface area is 128 Å². The standard InChI is InChI=1S/C17H18N2O3/c1-12(2)18-15-9-4-5-10-19(15)16(20)13-7-6-8-14(11-13)17(21)22-3/h4-12H,1-3H3. The fourth-order valence-electron chi connectivity index (χ4n) is 2.01. The molecule has 1 aromatic carbocycles. The molecule has 0 aliphatic heterocycles. The van der Waals surface area contributed by atoms with Gasteiger partial charge < -0.3 is 4.74 Å². The molecule has 5 nitrogen and oxygen atoms in total. The summed E-state index contributed by atoms with van der Waals surface area (Å²) in [6, 6.07) is 11.9. The van der Waals surface area contributed by atoms with Crippen molar-refractivity contribution in [3.05, 3.63) is 65.3 Å². The lowest BCUT2D eigenvalue weighted by Crippen LogP contribution is -2.28. The number of carbonyl (C=O) groups is 2. The van der Waals surface area contributed by atoms with Crippen molar-refractivity contribution in [3.8, 4) is 0 Å². The maximum absolute atomic E-state index is 12.7. The molecule has 0 amide bonds. The minimum absolute atomic E-state index is 0.0721. The predicted molar refractivity (Wildman–Crippen MR) is 82.6 cm³/mol. The highest BCUT2D eigenvalue weighted by Gasteiger charge is 2.12. The number of esters is 1. The Kier molecular flexibility index (Phi) is 4.88. The molecule has 1 aromatic heterocycles. The van der Waals surface area contributed by atoms with Gasteiger partial charge in [0.15, 0.2) is 0 Å². The fourth-order valence-corrected chi connectivity index (χ4v) is 2.01. The van der Waals surface area contributed by atoms with Crippen molar-refractivity contribution in [2.75, 3.05) is 7.11 Å². The first kappa shape index (κ1) is 15.7. The minimum atomic E-state index is -0.472. The number of carbonyl (C=O) groups excluding carboxylic acids is 2. The van der Waals surface area contributed by atoms with Gasteiger partial charge in [0.1, 0.15) is 5.49 Å². The Morgan fingerprint density at radius 3 is 2.50 bits per heavy atom. The molecule has 5 heteroatoms. The lowest BCUT2D eigenvalue weighted by Gasteiger charge is -2.08. The van der Waals surface area contributed by atoms with Crippen LogP contribution in [0.4, 0.5) is 0 Å². The zero-order chi connectivity index (χ0) is 16.1. The van der Waals surface area contributed by atoms with Crippen LogP contribution in [0.3, 0.4) is 0 Å². The van der Waals surface area contributed by atoms with Gasteiger partial charge in [0.25, 0.3) is 5.91 Å². The van der Waals surface area contributed by atoms with Crippen LogP contribution in [0.15, 0.2) is 53.7 Å². The first-order chi connectivity index (χ1) is 10.5. The van der Waals surface area contributed by atoms with Crippen molar-refractivity contribution in [3.63, 3.8) is 0 Å². The molecule has 0 saturated carbocycles. The molecule has 0 fully saturated rings. The van der Waals surface area contributed by atoms with Gasteiger partial charge in [-0.25, -0.2) is 4.79 Å². The van der Waals surface area contributed by atoms with E-state index in [1.165, 1.54) is 17.7 Å². The van der Waals surface area contributed by atoms with Crippen molar-refractivity contribution in [1.82, 2.24) is 4.57 Å². The van der Waals surface area contributed by atoms with Gasteiger partial charge in [-0.2, -0.15) is 0 Å². The van der Waals surface area contributed by atoms with Gasteiger partial charge in [-0.05, 0) is 44.2 Å². The van der Waals surface area contributed by atoms with Crippen LogP contribution in [-0.2, 0) is 4.74 Å². The van der Waals surface area contributed by atoms with E-state index >= 15 is 0 Å². The van der Waals surface area contributed by atoms with Crippen LogP contribution in [-0.4, -0.2) is 29.6 Å². The minimum Gasteiger partial charge on any atom is -0.465 e. The number of hydrogen-bond donors (Lipinski definition) is 0. The van der Waals surface area contributed by atoms with E-state index in [0.717, 1.165) is 0 Å². The molecule has 0 spiro atoms. The third-order valence-corrected chi connectivity index (χ3v) is 2.98. The summed E-state index contributed by atoms with van der Waals surface area (Å²) in [5.74, 6) is -0.717. The van der Waals surface area contributed by atoms with Gasteiger partial charge in [-0.15, -0.1) is 0 Å². The smallest absolute Gasteiger partial charge is 0.337 e. The molecule has 22 heavy (non-hydrogen) atoms. The molecule has 0 saturated heterocycles. The second kappa shape index (κ2) is 6.85. The van der Waals surface area contributed by atoms with Gasteiger partial charge in [0.2, 0.25) is 0 Å². The molecule has 0 unspecified atom stereocenters. The van der Waals surface area contributed by atoms with Crippen LogP contribution in [0.2, 0.25) is 0 Å². The molecular formula is C17H18N2O3. The van der Waals surface area contributed by atoms with Gasteiger partial charge in [-0.1, -0.05) is 12.1 Å². The summed E-state index contributed by atoms with van der Waals surface area (Å²) in [5.41, 5.74) is 1.32. The summed E-state index contributed by atoms with van der Waals surface area (Å²) in [4.78, 5) is 28.7. The summed E-state index contributed by atoms with van der Waals surface area (Å²) < 4.78 is 6.15. The normalized spacial score (nSPS) is 11.5. The highest BCUT2D eigenvalue weighted by Crippen LogP contribution is 2.08. The molecule has 2 rings (SSSR count). The Morgan fingerprint density at radius 1 is 1.09 bits per heavy atom. The van der Waals surface area contributed by atoms with E-state index in [0.29, 0.717) is 16.6 Å². The Hall–Kier alpha value is -2.69. The molecule has 0 N–H and O–H groups in total. The van der Waals surface area contributed by atoms with E-state index in [1.54, 1.807) is 36.5 Å². The summed E-state index contributed by atoms with van der Waals surface area (Å²) >= 11 is 0. The second-order valence-electron chi connectivity index (χ2n) is 5.03. The molecule has 1 heterocycles. The lowest BCUT2D eigenvalue weighted by molar-refractivity contribution is 0.0600. The van der Waals surface area contributed by atoms with E-state index in [2.05, 4.69) is 9.73 Å². The lowest BCUT2D eigenvalue weighted by atomic mass is 10.1. The summed E-state index contributed by atoms with van der Waals surface area (Å²) in [5, 5.41) is 0. The van der Waals surface area contributed by atoms with Crippen molar-refractivity contribution < 1.29 is 14.3 Å². The first-order valence-electron chi connectivity index (χ1n) is 6.97. The van der Waals surface area contributed by atoms with Crippen LogP contribution >= 0.6 is 0 Å². The quantitative estimate of drug-likeness (QED) is 0.817. The Bertz CT molecular complexity index is 760. The van der Waals surface area contributed by atoms with Gasteiger partial charge in [0, 0.05) is 17.8 Å². The number of hydrogen-bond acceptors (Lipinski definition) is 4. The zero-order valence-electron chi connectivity index (χ0n) is 12.8. The highest BCUT2D eigenvalue weighted by atomic mass is 16.5. The molecule has 0 aliphatic carbocycles. The Balaban J connectivity index is 2.48. The maximum atomic E-state index is 12.7. The number of ether oxygens (including phenoxy) is 1. The highest BCUT2D eigenvalue weighted by molar-refractivity contribution is 5.98. The molecule has 0 radical (unpaired) electrons. The van der Waals surface area contributed by atoms with E-state index in [9.17, 15) is 9.59 Å². The summed E-state index contributed by atoms with van der Waals surface area (Å²) in [6.07, 6.45) is 1.66. The van der Waals surface area contributed by atoms with Gasteiger partial charge in [0.05, 0.1) is 12.7 Å². The average Bonchev–Trinajstić information content (AvgIpc) is 2.53. The number of aromatic nitrogens is 1.